The first-order valence-corrected chi connectivity index (χ1v) is 33.1. The minimum Gasteiger partial charge on any atom is -0.466 e. The van der Waals surface area contributed by atoms with Crippen LogP contribution in [0.4, 0.5) is 0 Å². The van der Waals surface area contributed by atoms with Gasteiger partial charge < -0.3 is 20.3 Å². The highest BCUT2D eigenvalue weighted by atomic mass is 16.5. The van der Waals surface area contributed by atoms with E-state index in [1.54, 1.807) is 6.08 Å². The molecule has 0 aromatic rings. The molecular formula is C67H129NO5. The van der Waals surface area contributed by atoms with Gasteiger partial charge in [0.05, 0.1) is 25.4 Å². The van der Waals surface area contributed by atoms with Crippen molar-refractivity contribution in [1.29, 1.82) is 0 Å². The van der Waals surface area contributed by atoms with E-state index in [-0.39, 0.29) is 18.5 Å². The van der Waals surface area contributed by atoms with Gasteiger partial charge in [0.1, 0.15) is 0 Å². The molecule has 432 valence electrons. The van der Waals surface area contributed by atoms with Crippen molar-refractivity contribution in [2.45, 2.75) is 379 Å². The summed E-state index contributed by atoms with van der Waals surface area (Å²) in [7, 11) is 0. The number of carbonyl (C=O) groups is 2. The van der Waals surface area contributed by atoms with E-state index >= 15 is 0 Å². The summed E-state index contributed by atoms with van der Waals surface area (Å²) >= 11 is 0. The van der Waals surface area contributed by atoms with Crippen LogP contribution in [-0.2, 0) is 14.3 Å². The predicted octanol–water partition coefficient (Wildman–Crippen LogP) is 21.0. The fourth-order valence-electron chi connectivity index (χ4n) is 10.4. The van der Waals surface area contributed by atoms with Crippen LogP contribution in [0.1, 0.15) is 367 Å². The number of esters is 1. The molecule has 3 N–H and O–H groups in total. The van der Waals surface area contributed by atoms with Gasteiger partial charge in [-0.05, 0) is 57.8 Å². The Hall–Kier alpha value is -1.66. The topological polar surface area (TPSA) is 95.9 Å². The maximum Gasteiger partial charge on any atom is 0.305 e. The number of hydrogen-bond donors (Lipinski definition) is 3. The SMILES string of the molecule is CCCCCCCCC/C=C\CCCCCCCCCC(=O)OCCCCCCCCCCCCCCCCCCCCCCCC(=O)NC(CO)C(O)/C=C/CCCCCCCCCCCCCCCCC. The van der Waals surface area contributed by atoms with E-state index in [9.17, 15) is 19.8 Å². The monoisotopic (exact) mass is 1030 g/mol. The summed E-state index contributed by atoms with van der Waals surface area (Å²) in [5.41, 5.74) is 0. The van der Waals surface area contributed by atoms with Gasteiger partial charge in [-0.2, -0.15) is 0 Å². The molecule has 0 fully saturated rings. The molecule has 0 saturated carbocycles. The Bertz CT molecular complexity index is 1140. The van der Waals surface area contributed by atoms with E-state index in [4.69, 9.17) is 4.74 Å². The summed E-state index contributed by atoms with van der Waals surface area (Å²) in [4.78, 5) is 24.6. The third kappa shape index (κ3) is 59.4. The molecule has 0 bridgehead atoms. The smallest absolute Gasteiger partial charge is 0.305 e. The minimum absolute atomic E-state index is 0.00914. The molecule has 0 aliphatic heterocycles. The number of rotatable bonds is 62. The maximum atomic E-state index is 12.5. The van der Waals surface area contributed by atoms with Gasteiger partial charge in [0.25, 0.3) is 0 Å². The molecule has 73 heavy (non-hydrogen) atoms. The average molecular weight is 1030 g/mol. The molecule has 6 heteroatoms. The summed E-state index contributed by atoms with van der Waals surface area (Å²) in [6, 6.07) is -0.629. The van der Waals surface area contributed by atoms with Crippen LogP contribution in [0.5, 0.6) is 0 Å². The van der Waals surface area contributed by atoms with Crippen LogP contribution >= 0.6 is 0 Å². The van der Waals surface area contributed by atoms with Gasteiger partial charge in [0.15, 0.2) is 0 Å². The second-order valence-electron chi connectivity index (χ2n) is 22.8. The largest absolute Gasteiger partial charge is 0.466 e. The van der Waals surface area contributed by atoms with Crippen molar-refractivity contribution in [3.63, 3.8) is 0 Å². The van der Waals surface area contributed by atoms with Crippen molar-refractivity contribution < 1.29 is 24.5 Å². The molecule has 0 spiro atoms. The molecule has 0 aromatic carbocycles. The number of hydrogen-bond acceptors (Lipinski definition) is 5. The second-order valence-corrected chi connectivity index (χ2v) is 22.8. The Morgan fingerprint density at radius 2 is 0.644 bits per heavy atom. The molecule has 2 unspecified atom stereocenters. The van der Waals surface area contributed by atoms with Crippen LogP contribution in [0.15, 0.2) is 24.3 Å². The van der Waals surface area contributed by atoms with Gasteiger partial charge in [0, 0.05) is 12.8 Å². The van der Waals surface area contributed by atoms with Crippen LogP contribution < -0.4 is 5.32 Å². The number of unbranched alkanes of at least 4 members (excludes halogenated alkanes) is 49. The molecular weight excluding hydrogens is 899 g/mol. The van der Waals surface area contributed by atoms with Crippen LogP contribution in [0.2, 0.25) is 0 Å². The Balaban J connectivity index is 3.39. The number of ether oxygens (including phenoxy) is 1. The summed E-state index contributed by atoms with van der Waals surface area (Å²) in [6.45, 7) is 4.93. The molecule has 0 rings (SSSR count). The average Bonchev–Trinajstić information content (AvgIpc) is 3.39. The van der Waals surface area contributed by atoms with E-state index in [0.717, 1.165) is 44.9 Å². The van der Waals surface area contributed by atoms with Gasteiger partial charge in [-0.25, -0.2) is 0 Å². The summed E-state index contributed by atoms with van der Waals surface area (Å²) < 4.78 is 5.50. The maximum absolute atomic E-state index is 12.5. The number of amides is 1. The Morgan fingerprint density at radius 3 is 0.973 bits per heavy atom. The highest BCUT2D eigenvalue weighted by Crippen LogP contribution is 2.18. The third-order valence-electron chi connectivity index (χ3n) is 15.5. The molecule has 0 heterocycles. The van der Waals surface area contributed by atoms with Crippen molar-refractivity contribution in [2.75, 3.05) is 13.2 Å². The predicted molar refractivity (Wildman–Crippen MR) is 320 cm³/mol. The quantitative estimate of drug-likeness (QED) is 0.0320. The summed E-state index contributed by atoms with van der Waals surface area (Å²) in [5.74, 6) is -0.0571. The number of allylic oxidation sites excluding steroid dienone is 3. The van der Waals surface area contributed by atoms with Crippen molar-refractivity contribution in [3.05, 3.63) is 24.3 Å². The molecule has 0 aromatic heterocycles. The molecule has 6 nitrogen and oxygen atoms in total. The molecule has 0 radical (unpaired) electrons. The first-order chi connectivity index (χ1) is 36.0. The highest BCUT2D eigenvalue weighted by Gasteiger charge is 2.18. The molecule has 0 aliphatic carbocycles. The molecule has 0 saturated heterocycles. The third-order valence-corrected chi connectivity index (χ3v) is 15.5. The van der Waals surface area contributed by atoms with Crippen LogP contribution in [-0.4, -0.2) is 47.4 Å². The highest BCUT2D eigenvalue weighted by molar-refractivity contribution is 5.76. The Kier molecular flexibility index (Phi) is 61.4. The van der Waals surface area contributed by atoms with Crippen molar-refractivity contribution >= 4 is 11.9 Å². The van der Waals surface area contributed by atoms with E-state index < -0.39 is 12.1 Å². The lowest BCUT2D eigenvalue weighted by molar-refractivity contribution is -0.143. The van der Waals surface area contributed by atoms with Crippen LogP contribution in [0.3, 0.4) is 0 Å². The fraction of sp³-hybridized carbons (Fsp3) is 0.910. The molecule has 0 aliphatic rings. The lowest BCUT2D eigenvalue weighted by Gasteiger charge is -2.20. The van der Waals surface area contributed by atoms with Gasteiger partial charge in [0.2, 0.25) is 5.91 Å². The lowest BCUT2D eigenvalue weighted by atomic mass is 10.0. The van der Waals surface area contributed by atoms with E-state index in [0.29, 0.717) is 19.4 Å². The molecule has 2 atom stereocenters. The number of aliphatic hydroxyl groups excluding tert-OH is 2. The second kappa shape index (κ2) is 62.9. The lowest BCUT2D eigenvalue weighted by Crippen LogP contribution is -2.45. The Morgan fingerprint density at radius 1 is 0.370 bits per heavy atom. The van der Waals surface area contributed by atoms with Gasteiger partial charge in [-0.3, -0.25) is 9.59 Å². The number of aliphatic hydroxyl groups is 2. The summed E-state index contributed by atoms with van der Waals surface area (Å²) in [6.07, 6.45) is 78.0. The van der Waals surface area contributed by atoms with E-state index in [1.165, 1.54) is 295 Å². The van der Waals surface area contributed by atoms with Gasteiger partial charge in [-0.15, -0.1) is 0 Å². The van der Waals surface area contributed by atoms with E-state index in [2.05, 4.69) is 31.3 Å². The van der Waals surface area contributed by atoms with E-state index in [1.807, 2.05) is 6.08 Å². The van der Waals surface area contributed by atoms with Crippen molar-refractivity contribution in [1.82, 2.24) is 5.32 Å². The van der Waals surface area contributed by atoms with Crippen LogP contribution in [0, 0.1) is 0 Å². The molecule has 1 amide bonds. The zero-order chi connectivity index (χ0) is 52.9. The van der Waals surface area contributed by atoms with Gasteiger partial charge in [-0.1, -0.05) is 321 Å². The Labute approximate surface area is 456 Å². The van der Waals surface area contributed by atoms with Gasteiger partial charge >= 0.3 is 5.97 Å². The fourth-order valence-corrected chi connectivity index (χ4v) is 10.4. The summed E-state index contributed by atoms with van der Waals surface area (Å²) in [5, 5.41) is 23.2. The number of nitrogens with one attached hydrogen (secondary N) is 1. The minimum atomic E-state index is -0.845. The number of carbonyl (C=O) groups excluding carboxylic acids is 2. The zero-order valence-electron chi connectivity index (χ0n) is 49.4. The zero-order valence-corrected chi connectivity index (χ0v) is 49.4. The van der Waals surface area contributed by atoms with Crippen LogP contribution in [0.25, 0.3) is 0 Å². The first kappa shape index (κ1) is 71.3. The van der Waals surface area contributed by atoms with Crippen molar-refractivity contribution in [3.8, 4) is 0 Å². The normalized spacial score (nSPS) is 12.7. The first-order valence-electron chi connectivity index (χ1n) is 33.1. The van der Waals surface area contributed by atoms with Crippen molar-refractivity contribution in [2.24, 2.45) is 0 Å². The standard InChI is InChI=1S/C67H129NO5/c1-3-5-7-9-11-13-15-17-19-21-29-33-37-41-45-49-53-57-61-67(72)73-62-58-54-50-46-42-38-34-30-26-24-22-23-25-28-32-36-40-44-48-52-56-60-66(71)68-64(63-69)65(70)59-55-51-47-43-39-35-31-27-20-18-16-14-12-10-8-6-4-2/h19,21,55,59,64-65,69-70H,3-18,20,22-54,56-58,60-63H2,1-2H3,(H,68,71)/b21-19-,59-55+.